The van der Waals surface area contributed by atoms with Crippen molar-refractivity contribution >= 4 is 11.0 Å². The van der Waals surface area contributed by atoms with Gasteiger partial charge in [0, 0.05) is 10.9 Å². The van der Waals surface area contributed by atoms with Crippen molar-refractivity contribution in [2.45, 2.75) is 58.9 Å². The van der Waals surface area contributed by atoms with Gasteiger partial charge in [0.2, 0.25) is 0 Å². The van der Waals surface area contributed by atoms with Gasteiger partial charge in [-0.2, -0.15) is 0 Å². The fourth-order valence-electron chi connectivity index (χ4n) is 3.08. The van der Waals surface area contributed by atoms with Gasteiger partial charge in [0.25, 0.3) is 0 Å². The van der Waals surface area contributed by atoms with Gasteiger partial charge < -0.3 is 9.73 Å². The summed E-state index contributed by atoms with van der Waals surface area (Å²) in [6.45, 7) is 8.63. The highest BCUT2D eigenvalue weighted by Gasteiger charge is 2.30. The number of furan rings is 1. The summed E-state index contributed by atoms with van der Waals surface area (Å²) < 4.78 is 6.15. The predicted molar refractivity (Wildman–Crippen MR) is 88.7 cm³/mol. The molecule has 114 valence electrons. The van der Waals surface area contributed by atoms with Crippen molar-refractivity contribution in [2.75, 3.05) is 6.54 Å². The molecule has 1 saturated carbocycles. The third-order valence-corrected chi connectivity index (χ3v) is 4.23. The third-order valence-electron chi connectivity index (χ3n) is 4.23. The molecule has 2 nitrogen and oxygen atoms in total. The Bertz CT molecular complexity index is 607. The molecule has 1 fully saturated rings. The van der Waals surface area contributed by atoms with Gasteiger partial charge in [-0.15, -0.1) is 0 Å². The second-order valence-electron chi connectivity index (χ2n) is 6.82. The first-order valence-electron chi connectivity index (χ1n) is 8.44. The number of benzene rings is 1. The van der Waals surface area contributed by atoms with Gasteiger partial charge >= 0.3 is 0 Å². The summed E-state index contributed by atoms with van der Waals surface area (Å²) in [5, 5.41) is 4.90. The average molecular weight is 285 g/mol. The molecule has 0 amide bonds. The molecule has 1 aromatic carbocycles. The van der Waals surface area contributed by atoms with E-state index in [2.05, 4.69) is 44.3 Å². The van der Waals surface area contributed by atoms with E-state index in [1.807, 2.05) is 0 Å². The Morgan fingerprint density at radius 1 is 1.29 bits per heavy atom. The molecule has 1 N–H and O–H groups in total. The van der Waals surface area contributed by atoms with Crippen LogP contribution in [0.25, 0.3) is 11.0 Å². The minimum atomic E-state index is 0.676. The summed E-state index contributed by atoms with van der Waals surface area (Å²) in [6, 6.07) is 6.75. The van der Waals surface area contributed by atoms with Crippen molar-refractivity contribution < 1.29 is 4.42 Å². The zero-order valence-electron chi connectivity index (χ0n) is 13.5. The van der Waals surface area contributed by atoms with Crippen LogP contribution in [-0.2, 0) is 13.0 Å². The summed E-state index contributed by atoms with van der Waals surface area (Å²) in [5.74, 6) is 2.58. The van der Waals surface area contributed by atoms with Crippen molar-refractivity contribution in [2.24, 2.45) is 5.92 Å². The first-order valence-corrected chi connectivity index (χ1v) is 8.44. The molecular formula is C19H27NO. The minimum Gasteiger partial charge on any atom is -0.459 e. The summed E-state index contributed by atoms with van der Waals surface area (Å²) in [6.07, 6.45) is 5.00. The van der Waals surface area contributed by atoms with Crippen LogP contribution in [0.4, 0.5) is 0 Å². The van der Waals surface area contributed by atoms with Gasteiger partial charge in [-0.1, -0.05) is 33.3 Å². The van der Waals surface area contributed by atoms with Crippen molar-refractivity contribution in [1.82, 2.24) is 5.32 Å². The number of fused-ring (bicyclic) bond motifs is 1. The SMILES string of the molecule is CCCc1ccc2oc(CNCC(C)C)c(C3CC3)c2c1. The Morgan fingerprint density at radius 2 is 2.10 bits per heavy atom. The molecule has 0 saturated heterocycles. The Balaban J connectivity index is 1.90. The van der Waals surface area contributed by atoms with Gasteiger partial charge in [0.1, 0.15) is 11.3 Å². The summed E-state index contributed by atoms with van der Waals surface area (Å²) in [4.78, 5) is 0. The number of aryl methyl sites for hydroxylation is 1. The highest BCUT2D eigenvalue weighted by atomic mass is 16.3. The number of nitrogens with one attached hydrogen (secondary N) is 1. The fraction of sp³-hybridized carbons (Fsp3) is 0.579. The van der Waals surface area contributed by atoms with Crippen molar-refractivity contribution in [3.05, 3.63) is 35.1 Å². The Morgan fingerprint density at radius 3 is 2.76 bits per heavy atom. The molecule has 0 bridgehead atoms. The summed E-state index contributed by atoms with van der Waals surface area (Å²) in [5.41, 5.74) is 3.99. The lowest BCUT2D eigenvalue weighted by molar-refractivity contribution is 0.481. The second-order valence-corrected chi connectivity index (χ2v) is 6.82. The van der Waals surface area contributed by atoms with Crippen LogP contribution in [0.2, 0.25) is 0 Å². The van der Waals surface area contributed by atoms with E-state index in [4.69, 9.17) is 4.42 Å². The van der Waals surface area contributed by atoms with Gasteiger partial charge in [-0.05, 0) is 55.3 Å². The maximum absolute atomic E-state index is 6.15. The molecule has 0 atom stereocenters. The molecular weight excluding hydrogens is 258 g/mol. The predicted octanol–water partition coefficient (Wildman–Crippen LogP) is 5.01. The first kappa shape index (κ1) is 14.6. The van der Waals surface area contributed by atoms with E-state index in [1.165, 1.54) is 41.5 Å². The Labute approximate surface area is 127 Å². The lowest BCUT2D eigenvalue weighted by atomic mass is 10.0. The standard InChI is InChI=1S/C19H27NO/c1-4-5-14-6-9-17-16(10-14)19(15-7-8-15)18(21-17)12-20-11-13(2)3/h6,9-10,13,15,20H,4-5,7-8,11-12H2,1-3H3. The van der Waals surface area contributed by atoms with Gasteiger partial charge in [-0.25, -0.2) is 0 Å². The van der Waals surface area contributed by atoms with Crippen LogP contribution < -0.4 is 5.32 Å². The minimum absolute atomic E-state index is 0.676. The van der Waals surface area contributed by atoms with E-state index in [0.29, 0.717) is 5.92 Å². The third kappa shape index (κ3) is 3.32. The molecule has 0 radical (unpaired) electrons. The van der Waals surface area contributed by atoms with Crippen LogP contribution in [0.3, 0.4) is 0 Å². The number of rotatable bonds is 7. The van der Waals surface area contributed by atoms with Gasteiger partial charge in [0.05, 0.1) is 6.54 Å². The van der Waals surface area contributed by atoms with Crippen molar-refractivity contribution in [3.63, 3.8) is 0 Å². The molecule has 2 aromatic rings. The zero-order valence-corrected chi connectivity index (χ0v) is 13.5. The summed E-state index contributed by atoms with van der Waals surface area (Å²) >= 11 is 0. The molecule has 1 heterocycles. The molecule has 1 aromatic heterocycles. The lowest BCUT2D eigenvalue weighted by Gasteiger charge is -2.07. The molecule has 0 aliphatic heterocycles. The van der Waals surface area contributed by atoms with Gasteiger partial charge in [0.15, 0.2) is 0 Å². The van der Waals surface area contributed by atoms with Crippen molar-refractivity contribution in [3.8, 4) is 0 Å². The Hall–Kier alpha value is -1.28. The van der Waals surface area contributed by atoms with E-state index in [1.54, 1.807) is 0 Å². The van der Waals surface area contributed by atoms with E-state index in [9.17, 15) is 0 Å². The highest BCUT2D eigenvalue weighted by molar-refractivity contribution is 5.84. The van der Waals surface area contributed by atoms with Gasteiger partial charge in [-0.3, -0.25) is 0 Å². The largest absolute Gasteiger partial charge is 0.459 e. The van der Waals surface area contributed by atoms with E-state index < -0.39 is 0 Å². The van der Waals surface area contributed by atoms with E-state index >= 15 is 0 Å². The van der Waals surface area contributed by atoms with Crippen LogP contribution in [0.15, 0.2) is 22.6 Å². The highest BCUT2D eigenvalue weighted by Crippen LogP contribution is 2.46. The number of hydrogen-bond acceptors (Lipinski definition) is 2. The first-order chi connectivity index (χ1) is 10.2. The van der Waals surface area contributed by atoms with Crippen LogP contribution in [0.1, 0.15) is 62.8 Å². The maximum atomic E-state index is 6.15. The normalized spacial score (nSPS) is 15.2. The second kappa shape index (κ2) is 6.23. The van der Waals surface area contributed by atoms with Crippen LogP contribution in [0.5, 0.6) is 0 Å². The maximum Gasteiger partial charge on any atom is 0.134 e. The summed E-state index contributed by atoms with van der Waals surface area (Å²) in [7, 11) is 0. The molecule has 2 heteroatoms. The smallest absolute Gasteiger partial charge is 0.134 e. The zero-order chi connectivity index (χ0) is 14.8. The average Bonchev–Trinajstić information content (AvgIpc) is 3.21. The van der Waals surface area contributed by atoms with E-state index in [0.717, 1.165) is 31.0 Å². The van der Waals surface area contributed by atoms with Crippen LogP contribution in [-0.4, -0.2) is 6.54 Å². The lowest BCUT2D eigenvalue weighted by Crippen LogP contribution is -2.19. The monoisotopic (exact) mass is 285 g/mol. The molecule has 3 rings (SSSR count). The van der Waals surface area contributed by atoms with E-state index in [-0.39, 0.29) is 0 Å². The molecule has 0 unspecified atom stereocenters. The quantitative estimate of drug-likeness (QED) is 0.773. The van der Waals surface area contributed by atoms with Crippen LogP contribution in [0, 0.1) is 5.92 Å². The molecule has 0 spiro atoms. The Kier molecular flexibility index (Phi) is 4.34. The molecule has 21 heavy (non-hydrogen) atoms. The van der Waals surface area contributed by atoms with Crippen molar-refractivity contribution in [1.29, 1.82) is 0 Å². The fourth-order valence-corrected chi connectivity index (χ4v) is 3.08. The molecule has 1 aliphatic carbocycles. The van der Waals surface area contributed by atoms with Crippen LogP contribution >= 0.6 is 0 Å². The topological polar surface area (TPSA) is 25.2 Å². The molecule has 1 aliphatic rings. The number of hydrogen-bond donors (Lipinski definition) is 1.